The number of rotatable bonds is 7. The highest BCUT2D eigenvalue weighted by molar-refractivity contribution is 7.99. The highest BCUT2D eigenvalue weighted by Gasteiger charge is 2.32. The van der Waals surface area contributed by atoms with Gasteiger partial charge in [-0.25, -0.2) is 4.98 Å². The van der Waals surface area contributed by atoms with E-state index in [1.165, 1.54) is 10.6 Å². The number of fused-ring (bicyclic) bond motifs is 1. The molecule has 0 spiro atoms. The molecule has 1 amide bonds. The Kier molecular flexibility index (Phi) is 7.66. The topological polar surface area (TPSA) is 76.5 Å². The van der Waals surface area contributed by atoms with Crippen molar-refractivity contribution in [2.45, 2.75) is 31.2 Å². The van der Waals surface area contributed by atoms with Crippen LogP contribution in [0.15, 0.2) is 52.4 Å². The smallest absolute Gasteiger partial charge is 0.378 e. The van der Waals surface area contributed by atoms with E-state index in [1.807, 2.05) is 11.8 Å². The van der Waals surface area contributed by atoms with E-state index in [9.17, 15) is 22.8 Å². The molecule has 11 heteroatoms. The molecule has 0 radical (unpaired) electrons. The van der Waals surface area contributed by atoms with Gasteiger partial charge in [0, 0.05) is 19.6 Å². The summed E-state index contributed by atoms with van der Waals surface area (Å²) in [5, 5.41) is 3.52. The van der Waals surface area contributed by atoms with Gasteiger partial charge in [-0.15, -0.1) is 0 Å². The third-order valence-electron chi connectivity index (χ3n) is 5.56. The number of carbonyl (C=O) groups excluding carboxylic acids is 1. The number of hydrogen-bond donors (Lipinski definition) is 1. The predicted octanol–water partition coefficient (Wildman–Crippen LogP) is 4.39. The average Bonchev–Trinajstić information content (AvgIpc) is 2.85. The first-order chi connectivity index (χ1) is 16.8. The third kappa shape index (κ3) is 5.79. The lowest BCUT2D eigenvalue weighted by atomic mass is 10.1. The molecule has 1 fully saturated rings. The van der Waals surface area contributed by atoms with Crippen molar-refractivity contribution < 1.29 is 22.7 Å². The number of nitrogens with one attached hydrogen (secondary N) is 1. The lowest BCUT2D eigenvalue weighted by molar-refractivity contribution is -0.137. The van der Waals surface area contributed by atoms with Gasteiger partial charge in [0.05, 0.1) is 46.8 Å². The fourth-order valence-corrected chi connectivity index (χ4v) is 4.71. The van der Waals surface area contributed by atoms with E-state index < -0.39 is 17.6 Å². The number of para-hydroxylation sites is 1. The Labute approximate surface area is 204 Å². The van der Waals surface area contributed by atoms with E-state index >= 15 is 0 Å². The Hall–Kier alpha value is -3.05. The summed E-state index contributed by atoms with van der Waals surface area (Å²) < 4.78 is 46.9. The van der Waals surface area contributed by atoms with E-state index in [2.05, 4.69) is 10.3 Å². The van der Waals surface area contributed by atoms with Crippen LogP contribution in [-0.2, 0) is 22.3 Å². The first kappa shape index (κ1) is 25.1. The largest absolute Gasteiger partial charge is 0.416 e. The van der Waals surface area contributed by atoms with Crippen molar-refractivity contribution in [2.24, 2.45) is 0 Å². The first-order valence-electron chi connectivity index (χ1n) is 11.2. The summed E-state index contributed by atoms with van der Waals surface area (Å²) in [6.45, 7) is 4.29. The molecule has 1 N–H and O–H groups in total. The summed E-state index contributed by atoms with van der Waals surface area (Å²) in [6.07, 6.45) is -3.84. The second kappa shape index (κ2) is 10.7. The van der Waals surface area contributed by atoms with Crippen LogP contribution in [0.3, 0.4) is 0 Å². The molecule has 1 aliphatic rings. The number of anilines is 2. The van der Waals surface area contributed by atoms with E-state index in [-0.39, 0.29) is 17.0 Å². The van der Waals surface area contributed by atoms with Crippen LogP contribution in [0.25, 0.3) is 10.9 Å². The first-order valence-corrected chi connectivity index (χ1v) is 12.2. The molecular weight excluding hydrogens is 481 g/mol. The molecule has 0 unspecified atom stereocenters. The van der Waals surface area contributed by atoms with Crippen LogP contribution in [-0.4, -0.2) is 47.5 Å². The number of ether oxygens (including phenoxy) is 1. The Morgan fingerprint density at radius 2 is 1.91 bits per heavy atom. The summed E-state index contributed by atoms with van der Waals surface area (Å²) in [7, 11) is 0. The molecular formula is C24H25F3N4O3S. The minimum atomic E-state index is -4.54. The number of halogens is 3. The Morgan fingerprint density at radius 3 is 2.63 bits per heavy atom. The van der Waals surface area contributed by atoms with Crippen molar-refractivity contribution in [1.29, 1.82) is 0 Å². The molecule has 7 nitrogen and oxygen atoms in total. The number of aromatic nitrogens is 2. The van der Waals surface area contributed by atoms with Gasteiger partial charge in [-0.05, 0) is 36.8 Å². The van der Waals surface area contributed by atoms with E-state index in [0.29, 0.717) is 61.0 Å². The zero-order valence-electron chi connectivity index (χ0n) is 19.1. The van der Waals surface area contributed by atoms with Crippen LogP contribution in [0, 0.1) is 0 Å². The molecule has 1 saturated heterocycles. The molecule has 0 bridgehead atoms. The van der Waals surface area contributed by atoms with Crippen LogP contribution in [0.5, 0.6) is 0 Å². The van der Waals surface area contributed by atoms with Crippen LogP contribution in [0.4, 0.5) is 24.5 Å². The SMILES string of the molecule is CCCn1c(SCC(=O)Nc2cc(C(F)(F)F)ccc2N2CCOCC2)nc2ccccc2c1=O. The van der Waals surface area contributed by atoms with Crippen molar-refractivity contribution in [3.05, 3.63) is 58.4 Å². The van der Waals surface area contributed by atoms with Gasteiger partial charge in [-0.2, -0.15) is 13.2 Å². The molecule has 4 rings (SSSR count). The number of benzene rings is 2. The fraction of sp³-hybridized carbons (Fsp3) is 0.375. The van der Waals surface area contributed by atoms with Crippen LogP contribution in [0.1, 0.15) is 18.9 Å². The average molecular weight is 507 g/mol. The number of alkyl halides is 3. The molecule has 3 aromatic rings. The Morgan fingerprint density at radius 1 is 1.17 bits per heavy atom. The van der Waals surface area contributed by atoms with Gasteiger partial charge in [0.1, 0.15) is 0 Å². The molecule has 186 valence electrons. The van der Waals surface area contributed by atoms with Gasteiger partial charge in [0.15, 0.2) is 5.16 Å². The summed E-state index contributed by atoms with van der Waals surface area (Å²) in [5.41, 5.74) is 0.0923. The zero-order chi connectivity index (χ0) is 25.0. The number of amides is 1. The summed E-state index contributed by atoms with van der Waals surface area (Å²) in [5.74, 6) is -0.609. The summed E-state index contributed by atoms with van der Waals surface area (Å²) >= 11 is 1.08. The number of morpholine rings is 1. The van der Waals surface area contributed by atoms with Crippen LogP contribution in [0.2, 0.25) is 0 Å². The van der Waals surface area contributed by atoms with E-state index in [1.54, 1.807) is 24.3 Å². The summed E-state index contributed by atoms with van der Waals surface area (Å²) in [4.78, 5) is 32.2. The quantitative estimate of drug-likeness (QED) is 0.378. The molecule has 2 aromatic carbocycles. The van der Waals surface area contributed by atoms with Crippen molar-refractivity contribution in [3.63, 3.8) is 0 Å². The molecule has 0 saturated carbocycles. The molecule has 35 heavy (non-hydrogen) atoms. The second-order valence-corrected chi connectivity index (χ2v) is 8.98. The number of nitrogens with zero attached hydrogens (tertiary/aromatic N) is 3. The lowest BCUT2D eigenvalue weighted by Crippen LogP contribution is -2.37. The number of hydrogen-bond acceptors (Lipinski definition) is 6. The minimum absolute atomic E-state index is 0.0877. The van der Waals surface area contributed by atoms with E-state index in [0.717, 1.165) is 23.9 Å². The monoisotopic (exact) mass is 506 g/mol. The summed E-state index contributed by atoms with van der Waals surface area (Å²) in [6, 6.07) is 10.3. The number of thioether (sulfide) groups is 1. The van der Waals surface area contributed by atoms with Crippen molar-refractivity contribution in [1.82, 2.24) is 9.55 Å². The van der Waals surface area contributed by atoms with Crippen molar-refractivity contribution in [2.75, 3.05) is 42.3 Å². The van der Waals surface area contributed by atoms with E-state index in [4.69, 9.17) is 4.74 Å². The predicted molar refractivity (Wildman–Crippen MR) is 130 cm³/mol. The molecule has 0 atom stereocenters. The molecule has 1 aliphatic heterocycles. The van der Waals surface area contributed by atoms with Gasteiger partial charge in [-0.3, -0.25) is 14.2 Å². The van der Waals surface area contributed by atoms with Gasteiger partial charge in [0.2, 0.25) is 5.91 Å². The van der Waals surface area contributed by atoms with Gasteiger partial charge < -0.3 is 15.0 Å². The highest BCUT2D eigenvalue weighted by Crippen LogP contribution is 2.36. The lowest BCUT2D eigenvalue weighted by Gasteiger charge is -2.31. The maximum Gasteiger partial charge on any atom is 0.416 e. The zero-order valence-corrected chi connectivity index (χ0v) is 19.9. The molecule has 2 heterocycles. The minimum Gasteiger partial charge on any atom is -0.378 e. The van der Waals surface area contributed by atoms with Gasteiger partial charge >= 0.3 is 6.18 Å². The maximum atomic E-state index is 13.3. The molecule has 0 aliphatic carbocycles. The second-order valence-electron chi connectivity index (χ2n) is 8.03. The Bertz CT molecular complexity index is 1270. The fourth-order valence-electron chi connectivity index (χ4n) is 3.89. The van der Waals surface area contributed by atoms with Crippen molar-refractivity contribution in [3.8, 4) is 0 Å². The van der Waals surface area contributed by atoms with Gasteiger partial charge in [-0.1, -0.05) is 30.8 Å². The van der Waals surface area contributed by atoms with Crippen LogP contribution >= 0.6 is 11.8 Å². The Balaban J connectivity index is 1.57. The van der Waals surface area contributed by atoms with Crippen LogP contribution < -0.4 is 15.8 Å². The third-order valence-corrected chi connectivity index (χ3v) is 6.53. The molecule has 1 aromatic heterocycles. The normalized spacial score (nSPS) is 14.3. The maximum absolute atomic E-state index is 13.3. The highest BCUT2D eigenvalue weighted by atomic mass is 32.2. The standard InChI is InChI=1S/C24H25F3N4O3S/c1-2-9-31-22(33)17-5-3-4-6-18(17)29-23(31)35-15-21(32)28-19-14-16(24(25,26)27)7-8-20(19)30-10-12-34-13-11-30/h3-8,14H,2,9-13,15H2,1H3,(H,28,32). The van der Waals surface area contributed by atoms with Crippen molar-refractivity contribution >= 4 is 39.9 Å². The number of carbonyl (C=O) groups is 1. The van der Waals surface area contributed by atoms with Gasteiger partial charge in [0.25, 0.3) is 5.56 Å².